The Morgan fingerprint density at radius 3 is 2.60 bits per heavy atom. The highest BCUT2D eigenvalue weighted by Crippen LogP contribution is 2.35. The van der Waals surface area contributed by atoms with E-state index in [1.54, 1.807) is 19.9 Å². The van der Waals surface area contributed by atoms with Gasteiger partial charge in [-0.1, -0.05) is 11.6 Å². The molecular weight excluding hydrogens is 255 g/mol. The van der Waals surface area contributed by atoms with E-state index >= 15 is 0 Å². The number of hydrogen-bond donors (Lipinski definition) is 1. The van der Waals surface area contributed by atoms with Crippen LogP contribution in [0.1, 0.15) is 18.7 Å². The van der Waals surface area contributed by atoms with Crippen LogP contribution in [0.25, 0.3) is 10.2 Å². The lowest BCUT2D eigenvalue weighted by Crippen LogP contribution is -2.12. The quantitative estimate of drug-likeness (QED) is 0.634. The summed E-state index contributed by atoms with van der Waals surface area (Å²) in [6, 6.07) is 1.78. The number of aromatic nitrogens is 2. The summed E-state index contributed by atoms with van der Waals surface area (Å²) >= 11 is 13.0. The van der Waals surface area contributed by atoms with Gasteiger partial charge < -0.3 is 5.11 Å². The van der Waals surface area contributed by atoms with E-state index in [9.17, 15) is 5.11 Å². The fourth-order valence-corrected chi connectivity index (χ4v) is 2.66. The molecule has 0 aliphatic carbocycles. The highest BCUT2D eigenvalue weighted by molar-refractivity contribution is 7.19. The third kappa shape index (κ3) is 2.08. The monoisotopic (exact) mass is 262 g/mol. The van der Waals surface area contributed by atoms with E-state index in [0.717, 1.165) is 9.58 Å². The van der Waals surface area contributed by atoms with Gasteiger partial charge >= 0.3 is 0 Å². The van der Waals surface area contributed by atoms with Crippen molar-refractivity contribution in [3.8, 4) is 0 Å². The molecule has 0 atom stereocenters. The maximum absolute atomic E-state index is 9.84. The largest absolute Gasteiger partial charge is 0.385 e. The van der Waals surface area contributed by atoms with Gasteiger partial charge in [0, 0.05) is 4.88 Å². The van der Waals surface area contributed by atoms with Gasteiger partial charge in [-0.15, -0.1) is 11.3 Å². The number of aliphatic hydroxyl groups is 1. The molecule has 0 aromatic carbocycles. The van der Waals surface area contributed by atoms with Crippen molar-refractivity contribution in [1.82, 2.24) is 9.97 Å². The molecule has 0 fully saturated rings. The Balaban J connectivity index is 2.71. The molecular formula is C9H8Cl2N2OS. The van der Waals surface area contributed by atoms with Gasteiger partial charge in [-0.2, -0.15) is 0 Å². The van der Waals surface area contributed by atoms with E-state index in [1.165, 1.54) is 11.3 Å². The van der Waals surface area contributed by atoms with Crippen LogP contribution in [0.3, 0.4) is 0 Å². The lowest BCUT2D eigenvalue weighted by Gasteiger charge is -2.13. The van der Waals surface area contributed by atoms with Crippen molar-refractivity contribution in [3.63, 3.8) is 0 Å². The summed E-state index contributed by atoms with van der Waals surface area (Å²) in [4.78, 5) is 8.67. The zero-order valence-electron chi connectivity index (χ0n) is 8.08. The normalized spacial score (nSPS) is 12.3. The van der Waals surface area contributed by atoms with Gasteiger partial charge in [0.15, 0.2) is 5.15 Å². The molecule has 6 heteroatoms. The molecule has 0 aliphatic heterocycles. The highest BCUT2D eigenvalue weighted by atomic mass is 35.5. The van der Waals surface area contributed by atoms with Crippen LogP contribution in [0, 0.1) is 0 Å². The molecule has 0 bridgehead atoms. The van der Waals surface area contributed by atoms with Gasteiger partial charge in [-0.3, -0.25) is 0 Å². The number of rotatable bonds is 1. The summed E-state index contributed by atoms with van der Waals surface area (Å²) in [5.74, 6) is 0. The third-order valence-corrected chi connectivity index (χ3v) is 3.90. The SMILES string of the molecule is CC(C)(O)c1cc2nc(Cl)nc(Cl)c2s1. The molecule has 0 saturated carbocycles. The van der Waals surface area contributed by atoms with Gasteiger partial charge in [0.1, 0.15) is 0 Å². The van der Waals surface area contributed by atoms with Crippen LogP contribution in [0.2, 0.25) is 10.4 Å². The van der Waals surface area contributed by atoms with E-state index in [2.05, 4.69) is 9.97 Å². The van der Waals surface area contributed by atoms with E-state index < -0.39 is 5.60 Å². The van der Waals surface area contributed by atoms with Crippen molar-refractivity contribution in [2.75, 3.05) is 0 Å². The molecule has 0 spiro atoms. The van der Waals surface area contributed by atoms with Crippen LogP contribution >= 0.6 is 34.5 Å². The smallest absolute Gasteiger partial charge is 0.224 e. The van der Waals surface area contributed by atoms with Gasteiger partial charge in [0.05, 0.1) is 15.8 Å². The lowest BCUT2D eigenvalue weighted by molar-refractivity contribution is 0.0826. The Kier molecular flexibility index (Phi) is 2.63. The summed E-state index contributed by atoms with van der Waals surface area (Å²) in [5, 5.41) is 10.3. The van der Waals surface area contributed by atoms with E-state index in [1.807, 2.05) is 0 Å². The zero-order chi connectivity index (χ0) is 11.2. The molecule has 2 rings (SSSR count). The molecule has 3 nitrogen and oxygen atoms in total. The van der Waals surface area contributed by atoms with Gasteiger partial charge in [-0.05, 0) is 31.5 Å². The molecule has 2 aromatic heterocycles. The van der Waals surface area contributed by atoms with E-state index in [4.69, 9.17) is 23.2 Å². The summed E-state index contributed by atoms with van der Waals surface area (Å²) in [6.07, 6.45) is 0. The molecule has 15 heavy (non-hydrogen) atoms. The number of nitrogens with zero attached hydrogens (tertiary/aromatic N) is 2. The highest BCUT2D eigenvalue weighted by Gasteiger charge is 2.20. The molecule has 1 N–H and O–H groups in total. The zero-order valence-corrected chi connectivity index (χ0v) is 10.4. The predicted octanol–water partition coefficient (Wildman–Crippen LogP) is 3.23. The van der Waals surface area contributed by atoms with Crippen molar-refractivity contribution in [2.45, 2.75) is 19.4 Å². The topological polar surface area (TPSA) is 46.0 Å². The maximum Gasteiger partial charge on any atom is 0.224 e. The molecule has 0 unspecified atom stereocenters. The van der Waals surface area contributed by atoms with Crippen LogP contribution in [0.15, 0.2) is 6.07 Å². The van der Waals surface area contributed by atoms with Crippen LogP contribution in [0.5, 0.6) is 0 Å². The number of thiophene rings is 1. The minimum atomic E-state index is -0.902. The number of fused-ring (bicyclic) bond motifs is 1. The van der Waals surface area contributed by atoms with Crippen molar-refractivity contribution in [3.05, 3.63) is 21.4 Å². The second-order valence-electron chi connectivity index (χ2n) is 3.67. The molecule has 80 valence electrons. The average molecular weight is 263 g/mol. The Morgan fingerprint density at radius 2 is 2.00 bits per heavy atom. The van der Waals surface area contributed by atoms with Crippen LogP contribution < -0.4 is 0 Å². The van der Waals surface area contributed by atoms with Gasteiger partial charge in [0.25, 0.3) is 0 Å². The van der Waals surface area contributed by atoms with Crippen LogP contribution in [0.4, 0.5) is 0 Å². The lowest BCUT2D eigenvalue weighted by atomic mass is 10.1. The first kappa shape index (κ1) is 11.1. The van der Waals surface area contributed by atoms with Crippen molar-refractivity contribution >= 4 is 44.8 Å². The second-order valence-corrected chi connectivity index (χ2v) is 5.42. The third-order valence-electron chi connectivity index (χ3n) is 1.91. The summed E-state index contributed by atoms with van der Waals surface area (Å²) in [5.41, 5.74) is -0.233. The summed E-state index contributed by atoms with van der Waals surface area (Å²) in [6.45, 7) is 3.42. The number of halogens is 2. The van der Waals surface area contributed by atoms with E-state index in [-0.39, 0.29) is 5.28 Å². The summed E-state index contributed by atoms with van der Waals surface area (Å²) < 4.78 is 0.748. The first-order chi connectivity index (χ1) is 6.88. The van der Waals surface area contributed by atoms with Crippen LogP contribution in [-0.4, -0.2) is 15.1 Å². The Morgan fingerprint density at radius 1 is 1.33 bits per heavy atom. The Labute approximate surface area is 101 Å². The standard InChI is InChI=1S/C9H8Cl2N2OS/c1-9(2,14)5-3-4-6(15-5)7(10)13-8(11)12-4/h3,14H,1-2H3. The predicted molar refractivity (Wildman–Crippen MR) is 62.7 cm³/mol. The van der Waals surface area contributed by atoms with Crippen molar-refractivity contribution in [2.24, 2.45) is 0 Å². The Bertz CT molecular complexity index is 519. The molecule has 0 radical (unpaired) electrons. The van der Waals surface area contributed by atoms with E-state index in [0.29, 0.717) is 10.7 Å². The van der Waals surface area contributed by atoms with Gasteiger partial charge in [0.2, 0.25) is 5.28 Å². The maximum atomic E-state index is 9.84. The molecule has 0 amide bonds. The fourth-order valence-electron chi connectivity index (χ4n) is 1.17. The first-order valence-corrected chi connectivity index (χ1v) is 5.80. The molecule has 0 saturated heterocycles. The van der Waals surface area contributed by atoms with Crippen molar-refractivity contribution in [1.29, 1.82) is 0 Å². The fraction of sp³-hybridized carbons (Fsp3) is 0.333. The Hall–Kier alpha value is -0.420. The summed E-state index contributed by atoms with van der Waals surface area (Å²) in [7, 11) is 0. The first-order valence-electron chi connectivity index (χ1n) is 4.23. The molecule has 2 aromatic rings. The second kappa shape index (κ2) is 3.56. The van der Waals surface area contributed by atoms with Gasteiger partial charge in [-0.25, -0.2) is 9.97 Å². The molecule has 0 aliphatic rings. The minimum absolute atomic E-state index is 0.118. The average Bonchev–Trinajstić information content (AvgIpc) is 2.46. The minimum Gasteiger partial charge on any atom is -0.385 e. The molecule has 2 heterocycles. The number of hydrogen-bond acceptors (Lipinski definition) is 4. The van der Waals surface area contributed by atoms with Crippen LogP contribution in [-0.2, 0) is 5.60 Å². The van der Waals surface area contributed by atoms with Crippen molar-refractivity contribution < 1.29 is 5.11 Å².